The molecule has 1 amide bonds. The largest absolute Gasteiger partial charge is 0.347 e. The second-order valence-corrected chi connectivity index (χ2v) is 5.18. The normalized spacial score (nSPS) is 10.8. The van der Waals surface area contributed by atoms with Crippen molar-refractivity contribution >= 4 is 22.5 Å². The summed E-state index contributed by atoms with van der Waals surface area (Å²) in [6.07, 6.45) is 1.70. The molecule has 1 N–H and O–H groups in total. The van der Waals surface area contributed by atoms with Crippen LogP contribution in [0.4, 0.5) is 5.69 Å². The highest BCUT2D eigenvalue weighted by Gasteiger charge is 2.18. The highest BCUT2D eigenvalue weighted by Crippen LogP contribution is 2.25. The Balaban J connectivity index is 2.04. The summed E-state index contributed by atoms with van der Waals surface area (Å²) < 4.78 is 2.04. The first-order valence-corrected chi connectivity index (χ1v) is 6.86. The maximum Gasteiger partial charge on any atom is 0.258 e. The van der Waals surface area contributed by atoms with Gasteiger partial charge in [-0.2, -0.15) is 0 Å². The lowest BCUT2D eigenvalue weighted by Gasteiger charge is -2.06. The van der Waals surface area contributed by atoms with Crippen LogP contribution in [0.25, 0.3) is 10.9 Å². The van der Waals surface area contributed by atoms with Crippen LogP contribution in [0.3, 0.4) is 0 Å². The summed E-state index contributed by atoms with van der Waals surface area (Å²) in [4.78, 5) is 16.8. The van der Waals surface area contributed by atoms with Gasteiger partial charge in [-0.25, -0.2) is 0 Å². The first kappa shape index (κ1) is 13.4. The summed E-state index contributed by atoms with van der Waals surface area (Å²) in [6.45, 7) is 3.87. The Bertz CT molecular complexity index is 833. The molecule has 2 aromatic heterocycles. The zero-order valence-electron chi connectivity index (χ0n) is 12.3. The summed E-state index contributed by atoms with van der Waals surface area (Å²) in [5.41, 5.74) is 4.38. The van der Waals surface area contributed by atoms with Crippen molar-refractivity contribution in [3.8, 4) is 0 Å². The lowest BCUT2D eigenvalue weighted by Crippen LogP contribution is -2.13. The van der Waals surface area contributed by atoms with Crippen LogP contribution < -0.4 is 5.32 Å². The number of aryl methyl sites for hydroxylation is 2. The molecule has 0 atom stereocenters. The third kappa shape index (κ3) is 2.29. The Labute approximate surface area is 123 Å². The first-order chi connectivity index (χ1) is 10.1. The predicted molar refractivity (Wildman–Crippen MR) is 84.6 cm³/mol. The van der Waals surface area contributed by atoms with Crippen LogP contribution in [-0.2, 0) is 7.05 Å². The molecule has 106 valence electrons. The zero-order valence-corrected chi connectivity index (χ0v) is 12.3. The van der Waals surface area contributed by atoms with E-state index in [1.807, 2.05) is 55.8 Å². The van der Waals surface area contributed by atoms with Crippen molar-refractivity contribution in [2.75, 3.05) is 5.32 Å². The molecule has 1 aromatic carbocycles. The summed E-state index contributed by atoms with van der Waals surface area (Å²) in [5, 5.41) is 3.93. The smallest absolute Gasteiger partial charge is 0.258 e. The average Bonchev–Trinajstić information content (AvgIpc) is 2.71. The van der Waals surface area contributed by atoms with Gasteiger partial charge < -0.3 is 9.88 Å². The SMILES string of the molecule is Cc1cc(NC(=O)c2c(C)n(C)c3ccccc23)ccn1. The molecule has 4 nitrogen and oxygen atoms in total. The van der Waals surface area contributed by atoms with Crippen molar-refractivity contribution in [2.24, 2.45) is 7.05 Å². The van der Waals surface area contributed by atoms with Crippen LogP contribution in [0, 0.1) is 13.8 Å². The van der Waals surface area contributed by atoms with Crippen LogP contribution in [0.2, 0.25) is 0 Å². The Morgan fingerprint density at radius 1 is 1.19 bits per heavy atom. The number of carbonyl (C=O) groups is 1. The number of pyridine rings is 1. The van der Waals surface area contributed by atoms with Gasteiger partial charge in [-0.05, 0) is 32.0 Å². The predicted octanol–water partition coefficient (Wildman–Crippen LogP) is 3.44. The van der Waals surface area contributed by atoms with Gasteiger partial charge in [0.15, 0.2) is 0 Å². The fraction of sp³-hybridized carbons (Fsp3) is 0.176. The van der Waals surface area contributed by atoms with Crippen molar-refractivity contribution in [1.82, 2.24) is 9.55 Å². The molecular formula is C17H17N3O. The maximum absolute atomic E-state index is 12.6. The van der Waals surface area contributed by atoms with E-state index in [2.05, 4.69) is 10.3 Å². The van der Waals surface area contributed by atoms with Gasteiger partial charge in [0.25, 0.3) is 5.91 Å². The van der Waals surface area contributed by atoms with E-state index in [1.54, 1.807) is 12.3 Å². The number of nitrogens with zero attached hydrogens (tertiary/aromatic N) is 2. The van der Waals surface area contributed by atoms with Gasteiger partial charge >= 0.3 is 0 Å². The number of nitrogens with one attached hydrogen (secondary N) is 1. The average molecular weight is 279 g/mol. The molecule has 3 aromatic rings. The van der Waals surface area contributed by atoms with Gasteiger partial charge in [-0.1, -0.05) is 18.2 Å². The Morgan fingerprint density at radius 3 is 2.71 bits per heavy atom. The minimum Gasteiger partial charge on any atom is -0.347 e. The second-order valence-electron chi connectivity index (χ2n) is 5.18. The molecule has 0 radical (unpaired) electrons. The van der Waals surface area contributed by atoms with Crippen LogP contribution in [0.15, 0.2) is 42.6 Å². The lowest BCUT2D eigenvalue weighted by atomic mass is 10.1. The van der Waals surface area contributed by atoms with E-state index in [-0.39, 0.29) is 5.91 Å². The summed E-state index contributed by atoms with van der Waals surface area (Å²) >= 11 is 0. The quantitative estimate of drug-likeness (QED) is 0.781. The molecule has 0 aliphatic carbocycles. The van der Waals surface area contributed by atoms with E-state index < -0.39 is 0 Å². The monoisotopic (exact) mass is 279 g/mol. The van der Waals surface area contributed by atoms with Crippen LogP contribution in [0.5, 0.6) is 0 Å². The van der Waals surface area contributed by atoms with Gasteiger partial charge in [-0.3, -0.25) is 9.78 Å². The number of amides is 1. The topological polar surface area (TPSA) is 46.9 Å². The van der Waals surface area contributed by atoms with Crippen molar-refractivity contribution in [2.45, 2.75) is 13.8 Å². The molecule has 3 rings (SSSR count). The first-order valence-electron chi connectivity index (χ1n) is 6.86. The number of para-hydroxylation sites is 1. The Hall–Kier alpha value is -2.62. The molecule has 0 aliphatic heterocycles. The van der Waals surface area contributed by atoms with E-state index in [9.17, 15) is 4.79 Å². The fourth-order valence-corrected chi connectivity index (χ4v) is 2.62. The highest BCUT2D eigenvalue weighted by atomic mass is 16.1. The van der Waals surface area contributed by atoms with Crippen LogP contribution in [0.1, 0.15) is 21.7 Å². The minimum absolute atomic E-state index is 0.0881. The third-order valence-electron chi connectivity index (χ3n) is 3.78. The van der Waals surface area contributed by atoms with Crippen LogP contribution >= 0.6 is 0 Å². The van der Waals surface area contributed by atoms with Crippen molar-refractivity contribution in [3.63, 3.8) is 0 Å². The van der Waals surface area contributed by atoms with E-state index >= 15 is 0 Å². The fourth-order valence-electron chi connectivity index (χ4n) is 2.62. The number of hydrogen-bond acceptors (Lipinski definition) is 2. The van der Waals surface area contributed by atoms with E-state index in [0.717, 1.165) is 33.5 Å². The molecule has 0 saturated heterocycles. The number of rotatable bonds is 2. The minimum atomic E-state index is -0.0881. The van der Waals surface area contributed by atoms with Crippen LogP contribution in [-0.4, -0.2) is 15.5 Å². The van der Waals surface area contributed by atoms with Crippen molar-refractivity contribution < 1.29 is 4.79 Å². The third-order valence-corrected chi connectivity index (χ3v) is 3.78. The number of carbonyl (C=O) groups excluding carboxylic acids is 1. The van der Waals surface area contributed by atoms with Crippen molar-refractivity contribution in [1.29, 1.82) is 0 Å². The lowest BCUT2D eigenvalue weighted by molar-refractivity contribution is 0.102. The van der Waals surface area contributed by atoms with Gasteiger partial charge in [0, 0.05) is 41.2 Å². The molecule has 0 unspecified atom stereocenters. The summed E-state index contributed by atoms with van der Waals surface area (Å²) in [5.74, 6) is -0.0881. The number of benzene rings is 1. The Kier molecular flexibility index (Phi) is 3.22. The number of hydrogen-bond donors (Lipinski definition) is 1. The van der Waals surface area contributed by atoms with Gasteiger partial charge in [-0.15, -0.1) is 0 Å². The van der Waals surface area contributed by atoms with E-state index in [0.29, 0.717) is 0 Å². The number of anilines is 1. The molecule has 0 bridgehead atoms. The molecule has 2 heterocycles. The summed E-state index contributed by atoms with van der Waals surface area (Å²) in [6, 6.07) is 11.6. The highest BCUT2D eigenvalue weighted by molar-refractivity contribution is 6.14. The van der Waals surface area contributed by atoms with Gasteiger partial charge in [0.1, 0.15) is 0 Å². The Morgan fingerprint density at radius 2 is 1.95 bits per heavy atom. The van der Waals surface area contributed by atoms with Gasteiger partial charge in [0.2, 0.25) is 0 Å². The molecule has 4 heteroatoms. The van der Waals surface area contributed by atoms with E-state index in [1.165, 1.54) is 0 Å². The molecule has 21 heavy (non-hydrogen) atoms. The number of fused-ring (bicyclic) bond motifs is 1. The standard InChI is InChI=1S/C17H17N3O/c1-11-10-13(8-9-18-11)19-17(21)16-12(2)20(3)15-7-5-4-6-14(15)16/h4-10H,1-3H3,(H,18,19,21). The second kappa shape index (κ2) is 5.05. The maximum atomic E-state index is 12.6. The molecule has 0 saturated carbocycles. The summed E-state index contributed by atoms with van der Waals surface area (Å²) in [7, 11) is 1.98. The van der Waals surface area contributed by atoms with Gasteiger partial charge in [0.05, 0.1) is 5.56 Å². The molecule has 0 spiro atoms. The zero-order chi connectivity index (χ0) is 15.0. The van der Waals surface area contributed by atoms with Crippen molar-refractivity contribution in [3.05, 3.63) is 59.5 Å². The van der Waals surface area contributed by atoms with E-state index in [4.69, 9.17) is 0 Å². The molecule has 0 aliphatic rings. The molecule has 0 fully saturated rings. The molecular weight excluding hydrogens is 262 g/mol. The number of aromatic nitrogens is 2.